The summed E-state index contributed by atoms with van der Waals surface area (Å²) in [6.45, 7) is 2.80. The lowest BCUT2D eigenvalue weighted by molar-refractivity contribution is -0.122. The second-order valence-corrected chi connectivity index (χ2v) is 6.38. The maximum absolute atomic E-state index is 12.0. The first-order valence-corrected chi connectivity index (χ1v) is 8.24. The van der Waals surface area contributed by atoms with E-state index in [4.69, 9.17) is 0 Å². The topological polar surface area (TPSA) is 61.4 Å². The molecule has 1 aromatic rings. The highest BCUT2D eigenvalue weighted by Crippen LogP contribution is 2.24. The van der Waals surface area contributed by atoms with Crippen LogP contribution >= 0.6 is 11.3 Å². The lowest BCUT2D eigenvalue weighted by Gasteiger charge is -2.25. The molecule has 2 atom stereocenters. The van der Waals surface area contributed by atoms with Crippen LogP contribution in [0.5, 0.6) is 0 Å². The molecule has 0 radical (unpaired) electrons. The summed E-state index contributed by atoms with van der Waals surface area (Å²) in [5, 5.41) is 9.88. The van der Waals surface area contributed by atoms with Gasteiger partial charge in [-0.2, -0.15) is 11.3 Å². The maximum atomic E-state index is 12.0. The van der Waals surface area contributed by atoms with Crippen LogP contribution in [0.25, 0.3) is 0 Å². The maximum Gasteiger partial charge on any atom is 0.221 e. The van der Waals surface area contributed by atoms with Crippen molar-refractivity contribution in [2.75, 3.05) is 13.6 Å². The fraction of sp³-hybridized carbons (Fsp3) is 0.600. The lowest BCUT2D eigenvalue weighted by Crippen LogP contribution is -2.41. The van der Waals surface area contributed by atoms with Gasteiger partial charge in [-0.15, -0.1) is 0 Å². The van der Waals surface area contributed by atoms with Crippen LogP contribution in [0.1, 0.15) is 31.7 Å². The highest BCUT2D eigenvalue weighted by molar-refractivity contribution is 7.07. The van der Waals surface area contributed by atoms with Gasteiger partial charge in [-0.3, -0.25) is 14.5 Å². The number of nitrogens with zero attached hydrogens (tertiary/aromatic N) is 1. The smallest absolute Gasteiger partial charge is 0.221 e. The molecule has 0 saturated carbocycles. The zero-order chi connectivity index (χ0) is 15.2. The number of carbonyl (C=O) groups is 2. The van der Waals surface area contributed by atoms with Crippen LogP contribution in [-0.4, -0.2) is 42.4 Å². The SMILES string of the molecule is CC(=O)NC[C@H]1CC[C@@H](CC(=O)NCc2ccsc2)N1C. The van der Waals surface area contributed by atoms with Gasteiger partial charge < -0.3 is 10.6 Å². The van der Waals surface area contributed by atoms with Gasteiger partial charge in [0.05, 0.1) is 0 Å². The Hall–Kier alpha value is -1.40. The summed E-state index contributed by atoms with van der Waals surface area (Å²) >= 11 is 1.64. The third-order valence-electron chi connectivity index (χ3n) is 4.06. The average Bonchev–Trinajstić information content (AvgIpc) is 3.06. The standard InChI is InChI=1S/C15H23N3O2S/c1-11(19)16-9-14-4-3-13(18(14)2)7-15(20)17-8-12-5-6-21-10-12/h5-6,10,13-14H,3-4,7-9H2,1-2H3,(H,16,19)(H,17,20)/t13-,14+/m0/s1. The molecule has 1 saturated heterocycles. The highest BCUT2D eigenvalue weighted by Gasteiger charge is 2.31. The van der Waals surface area contributed by atoms with Gasteiger partial charge in [0, 0.05) is 38.5 Å². The third kappa shape index (κ3) is 4.82. The number of amides is 2. The number of carbonyl (C=O) groups excluding carboxylic acids is 2. The van der Waals surface area contributed by atoms with Crippen molar-refractivity contribution in [3.63, 3.8) is 0 Å². The van der Waals surface area contributed by atoms with Crippen molar-refractivity contribution in [3.8, 4) is 0 Å². The summed E-state index contributed by atoms with van der Waals surface area (Å²) in [4.78, 5) is 25.2. The Labute approximate surface area is 129 Å². The molecule has 1 aliphatic heterocycles. The van der Waals surface area contributed by atoms with Crippen LogP contribution in [0.2, 0.25) is 0 Å². The van der Waals surface area contributed by atoms with E-state index in [9.17, 15) is 9.59 Å². The second kappa shape index (κ2) is 7.56. The van der Waals surface area contributed by atoms with Crippen LogP contribution in [0, 0.1) is 0 Å². The van der Waals surface area contributed by atoms with Crippen molar-refractivity contribution < 1.29 is 9.59 Å². The zero-order valence-corrected chi connectivity index (χ0v) is 13.4. The molecule has 0 spiro atoms. The molecule has 21 heavy (non-hydrogen) atoms. The summed E-state index contributed by atoms with van der Waals surface area (Å²) in [6, 6.07) is 2.63. The van der Waals surface area contributed by atoms with Crippen LogP contribution in [0.15, 0.2) is 16.8 Å². The van der Waals surface area contributed by atoms with Gasteiger partial charge >= 0.3 is 0 Å². The fourth-order valence-electron chi connectivity index (χ4n) is 2.72. The quantitative estimate of drug-likeness (QED) is 0.834. The van der Waals surface area contributed by atoms with E-state index in [1.807, 2.05) is 23.9 Å². The molecule has 1 aromatic heterocycles. The first-order valence-electron chi connectivity index (χ1n) is 7.30. The summed E-state index contributed by atoms with van der Waals surface area (Å²) < 4.78 is 0. The van der Waals surface area contributed by atoms with E-state index in [2.05, 4.69) is 15.5 Å². The van der Waals surface area contributed by atoms with Crippen molar-refractivity contribution in [2.24, 2.45) is 0 Å². The highest BCUT2D eigenvalue weighted by atomic mass is 32.1. The van der Waals surface area contributed by atoms with Gasteiger partial charge in [0.15, 0.2) is 0 Å². The fourth-order valence-corrected chi connectivity index (χ4v) is 3.39. The monoisotopic (exact) mass is 309 g/mol. The number of likely N-dealkylation sites (N-methyl/N-ethyl adjacent to an activating group) is 1. The molecule has 1 fully saturated rings. The normalized spacial score (nSPS) is 22.2. The number of rotatable bonds is 6. The van der Waals surface area contributed by atoms with Crippen LogP contribution < -0.4 is 10.6 Å². The van der Waals surface area contributed by atoms with Crippen LogP contribution in [0.4, 0.5) is 0 Å². The lowest BCUT2D eigenvalue weighted by atomic mass is 10.1. The first kappa shape index (κ1) is 16.0. The number of hydrogen-bond donors (Lipinski definition) is 2. The molecule has 2 rings (SSSR count). The summed E-state index contributed by atoms with van der Waals surface area (Å²) in [7, 11) is 2.04. The van der Waals surface area contributed by atoms with Crippen molar-refractivity contribution in [2.45, 2.75) is 44.8 Å². The number of likely N-dealkylation sites (tertiary alicyclic amines) is 1. The van der Waals surface area contributed by atoms with Crippen molar-refractivity contribution in [1.82, 2.24) is 15.5 Å². The van der Waals surface area contributed by atoms with E-state index in [-0.39, 0.29) is 17.9 Å². The predicted molar refractivity (Wildman–Crippen MR) is 84.0 cm³/mol. The minimum atomic E-state index is 0.000330. The Morgan fingerprint density at radius 2 is 2.10 bits per heavy atom. The van der Waals surface area contributed by atoms with Gasteiger partial charge in [-0.1, -0.05) is 0 Å². The van der Waals surface area contributed by atoms with Crippen LogP contribution in [0.3, 0.4) is 0 Å². The molecule has 2 N–H and O–H groups in total. The largest absolute Gasteiger partial charge is 0.355 e. The molecular weight excluding hydrogens is 286 g/mol. The van der Waals surface area contributed by atoms with E-state index in [0.29, 0.717) is 25.6 Å². The van der Waals surface area contributed by atoms with E-state index in [1.165, 1.54) is 6.92 Å². The van der Waals surface area contributed by atoms with Crippen molar-refractivity contribution in [1.29, 1.82) is 0 Å². The molecule has 0 aliphatic carbocycles. The number of thiophene rings is 1. The number of nitrogens with one attached hydrogen (secondary N) is 2. The third-order valence-corrected chi connectivity index (χ3v) is 4.79. The van der Waals surface area contributed by atoms with Crippen molar-refractivity contribution in [3.05, 3.63) is 22.4 Å². The molecule has 1 aliphatic rings. The molecule has 2 amide bonds. The molecule has 0 bridgehead atoms. The second-order valence-electron chi connectivity index (χ2n) is 5.60. The van der Waals surface area contributed by atoms with E-state index < -0.39 is 0 Å². The molecule has 0 aromatic carbocycles. The Kier molecular flexibility index (Phi) is 5.76. The molecule has 5 nitrogen and oxygen atoms in total. The number of hydrogen-bond acceptors (Lipinski definition) is 4. The Bertz CT molecular complexity index is 475. The molecule has 0 unspecified atom stereocenters. The minimum absolute atomic E-state index is 0.000330. The van der Waals surface area contributed by atoms with E-state index >= 15 is 0 Å². The van der Waals surface area contributed by atoms with E-state index in [1.54, 1.807) is 11.3 Å². The van der Waals surface area contributed by atoms with Gasteiger partial charge in [-0.25, -0.2) is 0 Å². The predicted octanol–water partition coefficient (Wildman–Crippen LogP) is 1.35. The molecular formula is C15H23N3O2S. The van der Waals surface area contributed by atoms with Gasteiger partial charge in [-0.05, 0) is 42.3 Å². The summed E-state index contributed by atoms with van der Waals surface area (Å²) in [5.41, 5.74) is 1.15. The Morgan fingerprint density at radius 3 is 2.76 bits per heavy atom. The zero-order valence-electron chi connectivity index (χ0n) is 12.6. The first-order chi connectivity index (χ1) is 10.1. The Morgan fingerprint density at radius 1 is 1.33 bits per heavy atom. The average molecular weight is 309 g/mol. The molecule has 116 valence electrons. The molecule has 2 heterocycles. The van der Waals surface area contributed by atoms with E-state index in [0.717, 1.165) is 18.4 Å². The Balaban J connectivity index is 1.72. The van der Waals surface area contributed by atoms with Gasteiger partial charge in [0.2, 0.25) is 11.8 Å². The molecule has 6 heteroatoms. The summed E-state index contributed by atoms with van der Waals surface area (Å²) in [5.74, 6) is 0.0959. The minimum Gasteiger partial charge on any atom is -0.355 e. The van der Waals surface area contributed by atoms with Gasteiger partial charge in [0.25, 0.3) is 0 Å². The van der Waals surface area contributed by atoms with Crippen LogP contribution in [-0.2, 0) is 16.1 Å². The van der Waals surface area contributed by atoms with Gasteiger partial charge in [0.1, 0.15) is 0 Å². The summed E-state index contributed by atoms with van der Waals surface area (Å²) in [6.07, 6.45) is 2.56. The van der Waals surface area contributed by atoms with Crippen molar-refractivity contribution >= 4 is 23.2 Å².